The van der Waals surface area contributed by atoms with Crippen molar-refractivity contribution in [2.45, 2.75) is 26.9 Å². The molecule has 0 saturated carbocycles. The van der Waals surface area contributed by atoms with Gasteiger partial charge in [0.15, 0.2) is 0 Å². The Morgan fingerprint density at radius 3 is 2.30 bits per heavy atom. The van der Waals surface area contributed by atoms with Gasteiger partial charge in [0.05, 0.1) is 6.10 Å². The van der Waals surface area contributed by atoms with E-state index in [4.69, 9.17) is 0 Å². The first-order chi connectivity index (χ1) is 9.40. The molecule has 106 valence electrons. The molecule has 0 heterocycles. The van der Waals surface area contributed by atoms with Crippen molar-refractivity contribution in [3.8, 4) is 0 Å². The van der Waals surface area contributed by atoms with E-state index >= 15 is 0 Å². The molecule has 0 radical (unpaired) electrons. The van der Waals surface area contributed by atoms with E-state index in [9.17, 15) is 5.11 Å². The summed E-state index contributed by atoms with van der Waals surface area (Å²) in [7, 11) is 2.03. The maximum absolute atomic E-state index is 9.99. The van der Waals surface area contributed by atoms with Crippen LogP contribution in [-0.4, -0.2) is 12.2 Å². The Morgan fingerprint density at radius 1 is 1.05 bits per heavy atom. The van der Waals surface area contributed by atoms with Gasteiger partial charge in [-0.2, -0.15) is 0 Å². The summed E-state index contributed by atoms with van der Waals surface area (Å²) in [5, 5.41) is 9.99. The maximum Gasteiger partial charge on any atom is 0.0782 e. The van der Waals surface area contributed by atoms with Crippen molar-refractivity contribution in [1.82, 2.24) is 0 Å². The van der Waals surface area contributed by atoms with E-state index in [2.05, 4.69) is 52.9 Å². The smallest absolute Gasteiger partial charge is 0.0782 e. The molecule has 0 bridgehead atoms. The van der Waals surface area contributed by atoms with Gasteiger partial charge in [-0.15, -0.1) is 0 Å². The fourth-order valence-corrected chi connectivity index (χ4v) is 2.86. The number of benzene rings is 2. The van der Waals surface area contributed by atoms with Crippen molar-refractivity contribution in [1.29, 1.82) is 0 Å². The zero-order valence-electron chi connectivity index (χ0n) is 12.3. The van der Waals surface area contributed by atoms with Gasteiger partial charge in [-0.25, -0.2) is 0 Å². The number of hydrogen-bond donors (Lipinski definition) is 1. The predicted molar refractivity (Wildman–Crippen MR) is 88.8 cm³/mol. The molecule has 0 aliphatic carbocycles. The van der Waals surface area contributed by atoms with E-state index in [0.29, 0.717) is 0 Å². The highest BCUT2D eigenvalue weighted by molar-refractivity contribution is 9.10. The predicted octanol–water partition coefficient (Wildman–Crippen LogP) is 4.89. The van der Waals surface area contributed by atoms with Crippen LogP contribution in [-0.2, 0) is 0 Å². The monoisotopic (exact) mass is 333 g/mol. The zero-order valence-corrected chi connectivity index (χ0v) is 13.9. The Hall–Kier alpha value is -1.32. The number of anilines is 2. The second kappa shape index (κ2) is 5.98. The summed E-state index contributed by atoms with van der Waals surface area (Å²) < 4.78 is 0.978. The van der Waals surface area contributed by atoms with E-state index in [1.54, 1.807) is 6.92 Å². The van der Waals surface area contributed by atoms with Gasteiger partial charge >= 0.3 is 0 Å². The van der Waals surface area contributed by atoms with Crippen LogP contribution in [0.3, 0.4) is 0 Å². The third kappa shape index (κ3) is 3.05. The van der Waals surface area contributed by atoms with E-state index < -0.39 is 6.10 Å². The first-order valence-electron chi connectivity index (χ1n) is 6.68. The van der Waals surface area contributed by atoms with Crippen molar-refractivity contribution in [2.75, 3.05) is 11.9 Å². The van der Waals surface area contributed by atoms with Crippen molar-refractivity contribution in [3.05, 3.63) is 57.6 Å². The molecule has 0 aromatic heterocycles. The minimum atomic E-state index is -0.504. The van der Waals surface area contributed by atoms with Crippen LogP contribution in [0.5, 0.6) is 0 Å². The normalized spacial score (nSPS) is 12.3. The molecule has 0 amide bonds. The lowest BCUT2D eigenvalue weighted by molar-refractivity contribution is 0.199. The molecule has 2 rings (SSSR count). The molecule has 1 atom stereocenters. The standard InChI is InChI=1S/C17H20BrNO/c1-11-5-7-16(12(2)9-11)19(4)17-8-6-14(18)10-15(17)13(3)20/h5-10,13,20H,1-4H3. The summed E-state index contributed by atoms with van der Waals surface area (Å²) >= 11 is 3.46. The highest BCUT2D eigenvalue weighted by Gasteiger charge is 2.14. The van der Waals surface area contributed by atoms with E-state index in [0.717, 1.165) is 21.4 Å². The van der Waals surface area contributed by atoms with Crippen LogP contribution < -0.4 is 4.90 Å². The maximum atomic E-state index is 9.99. The molecule has 3 heteroatoms. The van der Waals surface area contributed by atoms with Gasteiger partial charge in [-0.3, -0.25) is 0 Å². The van der Waals surface area contributed by atoms with Crippen LogP contribution in [0.1, 0.15) is 29.7 Å². The Kier molecular flexibility index (Phi) is 4.51. The van der Waals surface area contributed by atoms with Crippen LogP contribution in [0.2, 0.25) is 0 Å². The summed E-state index contributed by atoms with van der Waals surface area (Å²) in [6, 6.07) is 12.4. The molecule has 0 saturated heterocycles. The third-order valence-corrected chi connectivity index (χ3v) is 4.01. The Morgan fingerprint density at radius 2 is 1.70 bits per heavy atom. The number of aryl methyl sites for hydroxylation is 2. The van der Waals surface area contributed by atoms with Crippen LogP contribution in [0.15, 0.2) is 40.9 Å². The SMILES string of the molecule is Cc1ccc(N(C)c2ccc(Br)cc2C(C)O)c(C)c1. The molecular formula is C17H20BrNO. The molecule has 1 N–H and O–H groups in total. The molecule has 2 nitrogen and oxygen atoms in total. The Labute approximate surface area is 129 Å². The van der Waals surface area contributed by atoms with E-state index in [1.165, 1.54) is 11.1 Å². The van der Waals surface area contributed by atoms with E-state index in [-0.39, 0.29) is 0 Å². The van der Waals surface area contributed by atoms with Crippen molar-refractivity contribution < 1.29 is 5.11 Å². The molecule has 0 fully saturated rings. The summed E-state index contributed by atoms with van der Waals surface area (Å²) in [6.45, 7) is 6.00. The number of rotatable bonds is 3. The van der Waals surface area contributed by atoms with Crippen LogP contribution in [0.25, 0.3) is 0 Å². The van der Waals surface area contributed by atoms with Crippen molar-refractivity contribution in [3.63, 3.8) is 0 Å². The molecule has 2 aromatic rings. The number of aliphatic hydroxyl groups excluding tert-OH is 1. The van der Waals surface area contributed by atoms with Crippen LogP contribution >= 0.6 is 15.9 Å². The average Bonchev–Trinajstić information content (AvgIpc) is 2.37. The second-order valence-electron chi connectivity index (χ2n) is 5.23. The number of aliphatic hydroxyl groups is 1. The Bertz CT molecular complexity index is 622. The molecular weight excluding hydrogens is 314 g/mol. The fraction of sp³-hybridized carbons (Fsp3) is 0.294. The van der Waals surface area contributed by atoms with Gasteiger partial charge < -0.3 is 10.0 Å². The first-order valence-corrected chi connectivity index (χ1v) is 7.48. The lowest BCUT2D eigenvalue weighted by atomic mass is 10.1. The minimum absolute atomic E-state index is 0.504. The van der Waals surface area contributed by atoms with Crippen molar-refractivity contribution >= 4 is 27.3 Å². The zero-order chi connectivity index (χ0) is 14.9. The van der Waals surface area contributed by atoms with Gasteiger partial charge in [0.25, 0.3) is 0 Å². The summed E-state index contributed by atoms with van der Waals surface area (Å²) in [4.78, 5) is 2.13. The second-order valence-corrected chi connectivity index (χ2v) is 6.14. The van der Waals surface area contributed by atoms with Gasteiger partial charge in [-0.1, -0.05) is 33.6 Å². The molecule has 0 aliphatic rings. The number of halogens is 1. The van der Waals surface area contributed by atoms with Crippen LogP contribution in [0.4, 0.5) is 11.4 Å². The number of hydrogen-bond acceptors (Lipinski definition) is 2. The van der Waals surface area contributed by atoms with E-state index in [1.807, 2.05) is 25.2 Å². The number of nitrogens with zero attached hydrogens (tertiary/aromatic N) is 1. The first kappa shape index (κ1) is 15.1. The lowest BCUT2D eigenvalue weighted by Gasteiger charge is -2.25. The van der Waals surface area contributed by atoms with Gasteiger partial charge in [0, 0.05) is 28.5 Å². The topological polar surface area (TPSA) is 23.5 Å². The summed E-state index contributed by atoms with van der Waals surface area (Å²) in [5.41, 5.74) is 5.58. The molecule has 2 aromatic carbocycles. The quantitative estimate of drug-likeness (QED) is 0.864. The average molecular weight is 334 g/mol. The minimum Gasteiger partial charge on any atom is -0.389 e. The fourth-order valence-electron chi connectivity index (χ4n) is 2.48. The highest BCUT2D eigenvalue weighted by Crippen LogP contribution is 2.34. The highest BCUT2D eigenvalue weighted by atomic mass is 79.9. The van der Waals surface area contributed by atoms with Crippen molar-refractivity contribution in [2.24, 2.45) is 0 Å². The van der Waals surface area contributed by atoms with Gasteiger partial charge in [0.2, 0.25) is 0 Å². The molecule has 1 unspecified atom stereocenters. The molecule has 0 aliphatic heterocycles. The Balaban J connectivity index is 2.50. The van der Waals surface area contributed by atoms with Crippen LogP contribution in [0, 0.1) is 13.8 Å². The van der Waals surface area contributed by atoms with Gasteiger partial charge in [0.1, 0.15) is 0 Å². The third-order valence-electron chi connectivity index (χ3n) is 3.51. The molecule has 20 heavy (non-hydrogen) atoms. The van der Waals surface area contributed by atoms with Gasteiger partial charge in [-0.05, 0) is 50.6 Å². The lowest BCUT2D eigenvalue weighted by Crippen LogP contribution is -2.14. The summed E-state index contributed by atoms with van der Waals surface area (Å²) in [5.74, 6) is 0. The summed E-state index contributed by atoms with van der Waals surface area (Å²) in [6.07, 6.45) is -0.504. The largest absolute Gasteiger partial charge is 0.389 e. The molecule has 0 spiro atoms.